The largest absolute Gasteiger partial charge is 0.465 e. The summed E-state index contributed by atoms with van der Waals surface area (Å²) in [4.78, 5) is 16.6. The van der Waals surface area contributed by atoms with E-state index in [0.29, 0.717) is 11.6 Å². The van der Waals surface area contributed by atoms with Crippen LogP contribution in [-0.4, -0.2) is 49.1 Å². The first kappa shape index (κ1) is 24.5. The van der Waals surface area contributed by atoms with Gasteiger partial charge in [-0.1, -0.05) is 40.2 Å². The second-order valence-corrected chi connectivity index (χ2v) is 9.77. The van der Waals surface area contributed by atoms with E-state index in [1.54, 1.807) is 0 Å². The maximum absolute atomic E-state index is 11.6. The number of methoxy groups -OCH3 is 1. The van der Waals surface area contributed by atoms with E-state index >= 15 is 0 Å². The van der Waals surface area contributed by atoms with Gasteiger partial charge in [0, 0.05) is 30.1 Å². The maximum atomic E-state index is 11.6. The fraction of sp³-hybridized carbons (Fsp3) is 0.321. The summed E-state index contributed by atoms with van der Waals surface area (Å²) in [6.45, 7) is 3.95. The summed E-state index contributed by atoms with van der Waals surface area (Å²) >= 11 is 3.45. The fourth-order valence-electron chi connectivity index (χ4n) is 4.45. The molecule has 0 radical (unpaired) electrons. The van der Waals surface area contributed by atoms with Crippen molar-refractivity contribution in [2.24, 2.45) is 0 Å². The highest BCUT2D eigenvalue weighted by Crippen LogP contribution is 2.25. The topological polar surface area (TPSA) is 42.0 Å². The molecule has 0 aromatic heterocycles. The van der Waals surface area contributed by atoms with Gasteiger partial charge in [0.25, 0.3) is 0 Å². The Hall–Kier alpha value is -2.67. The number of hydrogen-bond acceptors (Lipinski definition) is 5. The molecule has 5 nitrogen and oxygen atoms in total. The molecule has 0 bridgehead atoms. The number of benzene rings is 3. The lowest BCUT2D eigenvalue weighted by Crippen LogP contribution is -2.38. The van der Waals surface area contributed by atoms with E-state index in [-0.39, 0.29) is 5.97 Å². The van der Waals surface area contributed by atoms with E-state index in [1.807, 2.05) is 60.7 Å². The van der Waals surface area contributed by atoms with Crippen LogP contribution in [-0.2, 0) is 17.8 Å². The SMILES string of the molecule is COC(=O)c1ccc(CN(C)C[C@H]2CCCN2Cc2ccc(Oc3ccc(Br)cc3)cc2)cc1. The molecule has 0 unspecified atom stereocenters. The zero-order valence-corrected chi connectivity index (χ0v) is 21.3. The molecule has 4 rings (SSSR count). The Morgan fingerprint density at radius 2 is 1.59 bits per heavy atom. The highest BCUT2D eigenvalue weighted by molar-refractivity contribution is 9.10. The average molecular weight is 523 g/mol. The lowest BCUT2D eigenvalue weighted by Gasteiger charge is -2.29. The first-order valence-electron chi connectivity index (χ1n) is 11.6. The third-order valence-electron chi connectivity index (χ3n) is 6.21. The van der Waals surface area contributed by atoms with E-state index < -0.39 is 0 Å². The fourth-order valence-corrected chi connectivity index (χ4v) is 4.71. The molecule has 3 aromatic carbocycles. The molecule has 1 aliphatic rings. The van der Waals surface area contributed by atoms with Crippen LogP contribution in [0.4, 0.5) is 0 Å². The average Bonchev–Trinajstić information content (AvgIpc) is 3.28. The summed E-state index contributed by atoms with van der Waals surface area (Å²) in [6, 6.07) is 24.5. The number of carbonyl (C=O) groups excluding carboxylic acids is 1. The van der Waals surface area contributed by atoms with Gasteiger partial charge in [-0.15, -0.1) is 0 Å². The highest BCUT2D eigenvalue weighted by Gasteiger charge is 2.25. The van der Waals surface area contributed by atoms with Crippen molar-refractivity contribution >= 4 is 21.9 Å². The zero-order chi connectivity index (χ0) is 23.9. The van der Waals surface area contributed by atoms with Crippen molar-refractivity contribution in [3.63, 3.8) is 0 Å². The van der Waals surface area contributed by atoms with Crippen LogP contribution >= 0.6 is 15.9 Å². The second-order valence-electron chi connectivity index (χ2n) is 8.85. The molecule has 1 atom stereocenters. The lowest BCUT2D eigenvalue weighted by atomic mass is 10.1. The maximum Gasteiger partial charge on any atom is 0.337 e. The summed E-state index contributed by atoms with van der Waals surface area (Å²) in [7, 11) is 3.57. The zero-order valence-electron chi connectivity index (χ0n) is 19.7. The van der Waals surface area contributed by atoms with Gasteiger partial charge >= 0.3 is 5.97 Å². The molecule has 34 heavy (non-hydrogen) atoms. The minimum atomic E-state index is -0.297. The minimum absolute atomic E-state index is 0.297. The quantitative estimate of drug-likeness (QED) is 0.316. The van der Waals surface area contributed by atoms with Gasteiger partial charge in [-0.2, -0.15) is 0 Å². The van der Waals surface area contributed by atoms with E-state index in [4.69, 9.17) is 9.47 Å². The Morgan fingerprint density at radius 3 is 2.24 bits per heavy atom. The van der Waals surface area contributed by atoms with Crippen molar-refractivity contribution in [1.82, 2.24) is 9.80 Å². The minimum Gasteiger partial charge on any atom is -0.465 e. The summed E-state index contributed by atoms with van der Waals surface area (Å²) in [6.07, 6.45) is 2.45. The van der Waals surface area contributed by atoms with Crippen LogP contribution in [0, 0.1) is 0 Å². The van der Waals surface area contributed by atoms with E-state index in [0.717, 1.165) is 42.2 Å². The molecular weight excluding hydrogens is 492 g/mol. The van der Waals surface area contributed by atoms with Crippen LogP contribution in [0.2, 0.25) is 0 Å². The molecule has 0 spiro atoms. The molecule has 6 heteroatoms. The predicted octanol–water partition coefficient (Wildman–Crippen LogP) is 6.12. The van der Waals surface area contributed by atoms with Gasteiger partial charge in [-0.05, 0) is 86.1 Å². The van der Waals surface area contributed by atoms with E-state index in [9.17, 15) is 4.79 Å². The van der Waals surface area contributed by atoms with Gasteiger partial charge in [0.15, 0.2) is 0 Å². The summed E-state index contributed by atoms with van der Waals surface area (Å²) in [5, 5.41) is 0. The predicted molar refractivity (Wildman–Crippen MR) is 138 cm³/mol. The van der Waals surface area contributed by atoms with Crippen LogP contribution in [0.1, 0.15) is 34.3 Å². The number of rotatable bonds is 9. The lowest BCUT2D eigenvalue weighted by molar-refractivity contribution is 0.0600. The molecule has 0 aliphatic carbocycles. The van der Waals surface area contributed by atoms with Crippen molar-refractivity contribution in [3.05, 3.63) is 94.0 Å². The second kappa shape index (κ2) is 11.6. The molecular formula is C28H31BrN2O3. The molecule has 1 saturated heterocycles. The number of likely N-dealkylation sites (N-methyl/N-ethyl adjacent to an activating group) is 1. The summed E-state index contributed by atoms with van der Waals surface area (Å²) in [5.41, 5.74) is 3.08. The smallest absolute Gasteiger partial charge is 0.337 e. The van der Waals surface area contributed by atoms with Crippen molar-refractivity contribution in [2.75, 3.05) is 27.2 Å². The number of halogens is 1. The van der Waals surface area contributed by atoms with Crippen molar-refractivity contribution < 1.29 is 14.3 Å². The Labute approximate surface area is 210 Å². The molecule has 1 aliphatic heterocycles. The Morgan fingerprint density at radius 1 is 0.971 bits per heavy atom. The first-order chi connectivity index (χ1) is 16.5. The molecule has 0 saturated carbocycles. The number of nitrogens with zero attached hydrogens (tertiary/aromatic N) is 2. The van der Waals surface area contributed by atoms with Crippen LogP contribution < -0.4 is 4.74 Å². The molecule has 0 amide bonds. The van der Waals surface area contributed by atoms with Crippen molar-refractivity contribution in [2.45, 2.75) is 32.0 Å². The Kier molecular flexibility index (Phi) is 8.38. The number of esters is 1. The van der Waals surface area contributed by atoms with Crippen LogP contribution in [0.3, 0.4) is 0 Å². The van der Waals surface area contributed by atoms with E-state index in [1.165, 1.54) is 31.1 Å². The van der Waals surface area contributed by atoms with Crippen LogP contribution in [0.5, 0.6) is 11.5 Å². The number of hydrogen-bond donors (Lipinski definition) is 0. The number of ether oxygens (including phenoxy) is 2. The molecule has 3 aromatic rings. The van der Waals surface area contributed by atoms with Gasteiger partial charge < -0.3 is 14.4 Å². The van der Waals surface area contributed by atoms with Crippen molar-refractivity contribution in [1.29, 1.82) is 0 Å². The molecule has 178 valence electrons. The van der Waals surface area contributed by atoms with Gasteiger partial charge in [0.1, 0.15) is 11.5 Å². The van der Waals surface area contributed by atoms with Gasteiger partial charge in [-0.25, -0.2) is 4.79 Å². The molecule has 0 N–H and O–H groups in total. The Balaban J connectivity index is 1.29. The monoisotopic (exact) mass is 522 g/mol. The summed E-state index contributed by atoms with van der Waals surface area (Å²) in [5.74, 6) is 1.38. The number of carbonyl (C=O) groups is 1. The normalized spacial score (nSPS) is 16.1. The number of likely N-dealkylation sites (tertiary alicyclic amines) is 1. The third kappa shape index (κ3) is 6.69. The Bertz CT molecular complexity index is 1070. The third-order valence-corrected chi connectivity index (χ3v) is 6.74. The van der Waals surface area contributed by atoms with Crippen LogP contribution in [0.25, 0.3) is 0 Å². The van der Waals surface area contributed by atoms with Gasteiger partial charge in [-0.3, -0.25) is 4.90 Å². The highest BCUT2D eigenvalue weighted by atomic mass is 79.9. The van der Waals surface area contributed by atoms with E-state index in [2.05, 4.69) is 44.9 Å². The van der Waals surface area contributed by atoms with Crippen molar-refractivity contribution in [3.8, 4) is 11.5 Å². The van der Waals surface area contributed by atoms with Gasteiger partial charge in [0.05, 0.1) is 12.7 Å². The molecule has 1 heterocycles. The summed E-state index contributed by atoms with van der Waals surface area (Å²) < 4.78 is 11.8. The van der Waals surface area contributed by atoms with Crippen LogP contribution in [0.15, 0.2) is 77.3 Å². The molecule has 1 fully saturated rings. The van der Waals surface area contributed by atoms with Gasteiger partial charge in [0.2, 0.25) is 0 Å². The standard InChI is InChI=1S/C28H31BrN2O3/c1-30(18-21-5-9-23(10-6-21)28(32)33-2)20-25-4-3-17-31(25)19-22-7-13-26(14-8-22)34-27-15-11-24(29)12-16-27/h5-16,25H,3-4,17-20H2,1-2H3/t25-/m1/s1. The first-order valence-corrected chi connectivity index (χ1v) is 12.4.